The van der Waals surface area contributed by atoms with Gasteiger partial charge >= 0.3 is 11.9 Å². The van der Waals surface area contributed by atoms with E-state index in [1.165, 1.54) is 31.2 Å². The van der Waals surface area contributed by atoms with E-state index >= 15 is 0 Å². The average molecular weight is 353 g/mol. The number of benzene rings is 2. The molecule has 0 aromatic heterocycles. The van der Waals surface area contributed by atoms with Crippen molar-refractivity contribution in [1.29, 1.82) is 0 Å². The first-order chi connectivity index (χ1) is 12.5. The van der Waals surface area contributed by atoms with Crippen molar-refractivity contribution in [2.45, 2.75) is 19.4 Å². The first kappa shape index (κ1) is 18.9. The van der Waals surface area contributed by atoms with Crippen molar-refractivity contribution in [1.82, 2.24) is 5.32 Å². The highest BCUT2D eigenvalue weighted by atomic mass is 16.5. The number of amides is 1. The molecular formula is C20H19NO5. The quantitative estimate of drug-likeness (QED) is 0.590. The lowest BCUT2D eigenvalue weighted by atomic mass is 10.1. The third-order valence-electron chi connectivity index (χ3n) is 3.46. The molecule has 2 aromatic carbocycles. The van der Waals surface area contributed by atoms with E-state index in [-0.39, 0.29) is 12.0 Å². The summed E-state index contributed by atoms with van der Waals surface area (Å²) in [4.78, 5) is 34.5. The van der Waals surface area contributed by atoms with Gasteiger partial charge in [0.15, 0.2) is 0 Å². The van der Waals surface area contributed by atoms with Gasteiger partial charge in [-0.25, -0.2) is 4.79 Å². The molecule has 0 unspecified atom stereocenters. The summed E-state index contributed by atoms with van der Waals surface area (Å²) in [5.74, 6) is -1.78. The van der Waals surface area contributed by atoms with Gasteiger partial charge in [-0.05, 0) is 36.2 Å². The number of nitrogens with one attached hydrogen (secondary N) is 1. The normalized spacial score (nSPS) is 11.7. The summed E-state index contributed by atoms with van der Waals surface area (Å²) in [6.45, 7) is 1.28. The van der Waals surface area contributed by atoms with Crippen LogP contribution < -0.4 is 10.1 Å². The van der Waals surface area contributed by atoms with Crippen molar-refractivity contribution < 1.29 is 24.2 Å². The Hall–Kier alpha value is -3.41. The summed E-state index contributed by atoms with van der Waals surface area (Å²) in [5.41, 5.74) is 1.23. The second kappa shape index (κ2) is 9.17. The summed E-state index contributed by atoms with van der Waals surface area (Å²) in [6.07, 6.45) is 3.66. The monoisotopic (exact) mass is 353 g/mol. The summed E-state index contributed by atoms with van der Waals surface area (Å²) in [6, 6.07) is 14.3. The Morgan fingerprint density at radius 1 is 1.08 bits per heavy atom. The Balaban J connectivity index is 1.98. The van der Waals surface area contributed by atoms with Gasteiger partial charge in [0.2, 0.25) is 0 Å². The smallest absolute Gasteiger partial charge is 0.326 e. The first-order valence-corrected chi connectivity index (χ1v) is 7.99. The zero-order chi connectivity index (χ0) is 18.9. The van der Waals surface area contributed by atoms with Crippen molar-refractivity contribution in [2.24, 2.45) is 0 Å². The Kier molecular flexibility index (Phi) is 6.68. The largest absolute Gasteiger partial charge is 0.480 e. The highest BCUT2D eigenvalue weighted by Gasteiger charge is 2.19. The van der Waals surface area contributed by atoms with E-state index in [0.29, 0.717) is 5.75 Å². The van der Waals surface area contributed by atoms with Crippen LogP contribution in [0, 0.1) is 0 Å². The van der Waals surface area contributed by atoms with Crippen LogP contribution in [0.5, 0.6) is 5.75 Å². The molecule has 0 radical (unpaired) electrons. The Labute approximate surface area is 151 Å². The summed E-state index contributed by atoms with van der Waals surface area (Å²) < 4.78 is 4.89. The van der Waals surface area contributed by atoms with Crippen LogP contribution in [0.25, 0.3) is 6.08 Å². The van der Waals surface area contributed by atoms with E-state index in [1.807, 2.05) is 30.3 Å². The highest BCUT2D eigenvalue weighted by Crippen LogP contribution is 2.13. The van der Waals surface area contributed by atoms with Crippen LogP contribution in [0.2, 0.25) is 0 Å². The van der Waals surface area contributed by atoms with E-state index < -0.39 is 23.9 Å². The van der Waals surface area contributed by atoms with Crippen LogP contribution in [0.15, 0.2) is 60.7 Å². The molecule has 0 bridgehead atoms. The molecule has 1 atom stereocenters. The summed E-state index contributed by atoms with van der Waals surface area (Å²) in [5, 5.41) is 11.8. The molecule has 2 N–H and O–H groups in total. The van der Waals surface area contributed by atoms with Gasteiger partial charge in [0.05, 0.1) is 0 Å². The first-order valence-electron chi connectivity index (χ1n) is 7.99. The molecule has 0 aliphatic heterocycles. The van der Waals surface area contributed by atoms with E-state index in [2.05, 4.69) is 5.32 Å². The van der Waals surface area contributed by atoms with Gasteiger partial charge in [-0.2, -0.15) is 0 Å². The number of carbonyl (C=O) groups excluding carboxylic acids is 2. The number of hydrogen-bond acceptors (Lipinski definition) is 4. The minimum absolute atomic E-state index is 0.154. The molecule has 1 amide bonds. The van der Waals surface area contributed by atoms with E-state index in [1.54, 1.807) is 12.2 Å². The SMILES string of the molecule is CC(=O)Oc1ccc(C(=O)N[C@H](C/C=C/c2ccccc2)C(=O)O)cc1. The second-order valence-corrected chi connectivity index (χ2v) is 5.53. The fourth-order valence-corrected chi connectivity index (χ4v) is 2.21. The third-order valence-corrected chi connectivity index (χ3v) is 3.46. The van der Waals surface area contributed by atoms with Crippen molar-refractivity contribution in [3.05, 3.63) is 71.8 Å². The molecule has 6 nitrogen and oxygen atoms in total. The van der Waals surface area contributed by atoms with Gasteiger partial charge in [-0.1, -0.05) is 42.5 Å². The fraction of sp³-hybridized carbons (Fsp3) is 0.150. The molecule has 2 aromatic rings. The molecule has 2 rings (SSSR count). The van der Waals surface area contributed by atoms with Crippen molar-refractivity contribution in [3.63, 3.8) is 0 Å². The average Bonchev–Trinajstić information content (AvgIpc) is 2.61. The number of esters is 1. The molecule has 0 heterocycles. The number of carbonyl (C=O) groups is 3. The summed E-state index contributed by atoms with van der Waals surface area (Å²) >= 11 is 0. The lowest BCUT2D eigenvalue weighted by molar-refractivity contribution is -0.139. The molecule has 0 aliphatic rings. The molecule has 0 aliphatic carbocycles. The molecular weight excluding hydrogens is 334 g/mol. The van der Waals surface area contributed by atoms with Crippen molar-refractivity contribution in [3.8, 4) is 5.75 Å². The fourth-order valence-electron chi connectivity index (χ4n) is 2.21. The van der Waals surface area contributed by atoms with Gasteiger partial charge < -0.3 is 15.2 Å². The minimum atomic E-state index is -1.12. The number of aliphatic carboxylic acids is 1. The maximum Gasteiger partial charge on any atom is 0.326 e. The molecule has 26 heavy (non-hydrogen) atoms. The van der Waals surface area contributed by atoms with Gasteiger partial charge in [0.1, 0.15) is 11.8 Å². The zero-order valence-electron chi connectivity index (χ0n) is 14.2. The number of carboxylic acids is 1. The molecule has 0 spiro atoms. The van der Waals surface area contributed by atoms with Gasteiger partial charge in [-0.3, -0.25) is 9.59 Å². The van der Waals surface area contributed by atoms with Crippen molar-refractivity contribution in [2.75, 3.05) is 0 Å². The van der Waals surface area contributed by atoms with Crippen molar-refractivity contribution >= 4 is 23.9 Å². The molecule has 6 heteroatoms. The predicted octanol–water partition coefficient (Wildman–Crippen LogP) is 2.90. The third kappa shape index (κ3) is 5.90. The minimum Gasteiger partial charge on any atom is -0.480 e. The van der Waals surface area contributed by atoms with Crippen LogP contribution in [0.4, 0.5) is 0 Å². The Bertz CT molecular complexity index is 797. The number of ether oxygens (including phenoxy) is 1. The molecule has 0 saturated carbocycles. The van der Waals surface area contributed by atoms with E-state index in [4.69, 9.17) is 4.74 Å². The number of carboxylic acid groups (broad SMARTS) is 1. The Morgan fingerprint density at radius 2 is 1.73 bits per heavy atom. The molecule has 0 saturated heterocycles. The topological polar surface area (TPSA) is 92.7 Å². The lowest BCUT2D eigenvalue weighted by Gasteiger charge is -2.13. The zero-order valence-corrected chi connectivity index (χ0v) is 14.2. The highest BCUT2D eigenvalue weighted by molar-refractivity contribution is 5.96. The van der Waals surface area contributed by atoms with Crippen LogP contribution in [0.1, 0.15) is 29.3 Å². The van der Waals surface area contributed by atoms with Gasteiger partial charge in [0.25, 0.3) is 5.91 Å². The van der Waals surface area contributed by atoms with Crippen LogP contribution in [-0.2, 0) is 9.59 Å². The lowest BCUT2D eigenvalue weighted by Crippen LogP contribution is -2.40. The standard InChI is InChI=1S/C20H19NO5/c1-14(22)26-17-12-10-16(11-13-17)19(23)21-18(20(24)25)9-5-8-15-6-3-2-4-7-15/h2-8,10-13,18H,9H2,1H3,(H,21,23)(H,24,25)/b8-5+/t18-/m1/s1. The predicted molar refractivity (Wildman–Crippen MR) is 96.7 cm³/mol. The van der Waals surface area contributed by atoms with Gasteiger partial charge in [0, 0.05) is 12.5 Å². The van der Waals surface area contributed by atoms with Gasteiger partial charge in [-0.15, -0.1) is 0 Å². The van der Waals surface area contributed by atoms with Crippen LogP contribution >= 0.6 is 0 Å². The second-order valence-electron chi connectivity index (χ2n) is 5.53. The molecule has 0 fully saturated rings. The maximum atomic E-state index is 12.2. The van der Waals surface area contributed by atoms with Crippen LogP contribution in [-0.4, -0.2) is 29.0 Å². The number of hydrogen-bond donors (Lipinski definition) is 2. The number of rotatable bonds is 7. The van der Waals surface area contributed by atoms with E-state index in [0.717, 1.165) is 5.56 Å². The summed E-state index contributed by atoms with van der Waals surface area (Å²) in [7, 11) is 0. The maximum absolute atomic E-state index is 12.2. The van der Waals surface area contributed by atoms with E-state index in [9.17, 15) is 19.5 Å². The Morgan fingerprint density at radius 3 is 2.31 bits per heavy atom. The molecule has 134 valence electrons. The van der Waals surface area contributed by atoms with Crippen LogP contribution in [0.3, 0.4) is 0 Å².